The molecule has 74 valence electrons. The van der Waals surface area contributed by atoms with Crippen LogP contribution in [0, 0.1) is 5.92 Å². The average molecular weight is 175 g/mol. The van der Waals surface area contributed by atoms with Gasteiger partial charge in [0.05, 0.1) is 6.10 Å². The molecule has 12 heavy (non-hydrogen) atoms. The summed E-state index contributed by atoms with van der Waals surface area (Å²) in [4.78, 5) is 0. The average Bonchev–Trinajstić information content (AvgIpc) is 2.11. The van der Waals surface area contributed by atoms with Crippen molar-refractivity contribution < 1.29 is 10.2 Å². The van der Waals surface area contributed by atoms with Gasteiger partial charge in [-0.25, -0.2) is 0 Å². The molecule has 0 aromatic heterocycles. The minimum Gasteiger partial charge on any atom is -0.396 e. The largest absolute Gasteiger partial charge is 0.396 e. The molecule has 0 aromatic rings. The third-order valence-corrected chi connectivity index (χ3v) is 2.29. The third kappa shape index (κ3) is 4.70. The Bertz CT molecular complexity index is 109. The molecule has 0 spiro atoms. The predicted molar refractivity (Wildman–Crippen MR) is 50.0 cm³/mol. The van der Waals surface area contributed by atoms with Gasteiger partial charge in [0.15, 0.2) is 0 Å². The van der Waals surface area contributed by atoms with Crippen LogP contribution in [0.2, 0.25) is 0 Å². The molecule has 0 rings (SSSR count). The second-order valence-corrected chi connectivity index (χ2v) is 3.42. The maximum absolute atomic E-state index is 9.24. The summed E-state index contributed by atoms with van der Waals surface area (Å²) < 4.78 is 0. The van der Waals surface area contributed by atoms with Crippen LogP contribution in [0.5, 0.6) is 0 Å². The van der Waals surface area contributed by atoms with Gasteiger partial charge in [-0.15, -0.1) is 0 Å². The topological polar surface area (TPSA) is 52.5 Å². The van der Waals surface area contributed by atoms with E-state index in [1.807, 2.05) is 20.8 Å². The normalized spacial score (nSPS) is 18.8. The molecule has 0 fully saturated rings. The van der Waals surface area contributed by atoms with Crippen LogP contribution >= 0.6 is 0 Å². The number of nitrogens with one attached hydrogen (secondary N) is 1. The van der Waals surface area contributed by atoms with Gasteiger partial charge in [0, 0.05) is 19.2 Å². The number of aliphatic hydroxyl groups is 2. The highest BCUT2D eigenvalue weighted by molar-refractivity contribution is 4.69. The Hall–Kier alpha value is -0.120. The van der Waals surface area contributed by atoms with E-state index in [1.165, 1.54) is 0 Å². The molecule has 0 heterocycles. The Kier molecular flexibility index (Phi) is 6.34. The summed E-state index contributed by atoms with van der Waals surface area (Å²) in [5, 5.41) is 21.2. The highest BCUT2D eigenvalue weighted by Gasteiger charge is 2.11. The molecule has 0 bridgehead atoms. The second-order valence-electron chi connectivity index (χ2n) is 3.42. The van der Waals surface area contributed by atoms with Gasteiger partial charge in [-0.3, -0.25) is 0 Å². The molecule has 0 aromatic carbocycles. The smallest absolute Gasteiger partial charge is 0.0662 e. The molecule has 3 nitrogen and oxygen atoms in total. The Balaban J connectivity index is 3.49. The van der Waals surface area contributed by atoms with Crippen LogP contribution in [0.15, 0.2) is 0 Å². The zero-order chi connectivity index (χ0) is 9.56. The van der Waals surface area contributed by atoms with Crippen LogP contribution in [-0.4, -0.2) is 35.5 Å². The Labute approximate surface area is 74.8 Å². The van der Waals surface area contributed by atoms with Crippen molar-refractivity contribution in [2.75, 3.05) is 13.2 Å². The second kappa shape index (κ2) is 6.40. The summed E-state index contributed by atoms with van der Waals surface area (Å²) in [6.07, 6.45) is 0.506. The molecule has 0 amide bonds. The molecule has 3 unspecified atom stereocenters. The fourth-order valence-electron chi connectivity index (χ4n) is 0.826. The summed E-state index contributed by atoms with van der Waals surface area (Å²) in [5.74, 6) is 0.244. The van der Waals surface area contributed by atoms with Gasteiger partial charge in [-0.05, 0) is 19.3 Å². The summed E-state index contributed by atoms with van der Waals surface area (Å²) in [6, 6.07) is 0.260. The lowest BCUT2D eigenvalue weighted by molar-refractivity contribution is 0.150. The third-order valence-electron chi connectivity index (χ3n) is 2.29. The number of hydrogen-bond donors (Lipinski definition) is 3. The highest BCUT2D eigenvalue weighted by atomic mass is 16.3. The molecule has 0 aliphatic rings. The van der Waals surface area contributed by atoms with E-state index in [9.17, 15) is 5.11 Å². The molecule has 0 aliphatic carbocycles. The molecule has 0 aliphatic heterocycles. The van der Waals surface area contributed by atoms with E-state index < -0.39 is 0 Å². The number of hydrogen-bond acceptors (Lipinski definition) is 3. The van der Waals surface area contributed by atoms with Crippen molar-refractivity contribution in [3.8, 4) is 0 Å². The fourth-order valence-corrected chi connectivity index (χ4v) is 0.826. The maximum atomic E-state index is 9.24. The number of rotatable bonds is 6. The monoisotopic (exact) mass is 175 g/mol. The summed E-state index contributed by atoms with van der Waals surface area (Å²) in [7, 11) is 0. The fraction of sp³-hybridized carbons (Fsp3) is 1.00. The van der Waals surface area contributed by atoms with Crippen LogP contribution < -0.4 is 5.32 Å². The Morgan fingerprint density at radius 3 is 2.33 bits per heavy atom. The van der Waals surface area contributed by atoms with Gasteiger partial charge in [0.1, 0.15) is 0 Å². The van der Waals surface area contributed by atoms with E-state index in [0.717, 1.165) is 6.42 Å². The van der Waals surface area contributed by atoms with E-state index >= 15 is 0 Å². The van der Waals surface area contributed by atoms with Crippen molar-refractivity contribution in [1.29, 1.82) is 0 Å². The molecule has 0 saturated carbocycles. The molecular weight excluding hydrogens is 154 g/mol. The van der Waals surface area contributed by atoms with Crippen LogP contribution in [0.25, 0.3) is 0 Å². The zero-order valence-electron chi connectivity index (χ0n) is 8.25. The lowest BCUT2D eigenvalue weighted by atomic mass is 10.1. The predicted octanol–water partition coefficient (Wildman–Crippen LogP) is 0.364. The van der Waals surface area contributed by atoms with Gasteiger partial charge < -0.3 is 15.5 Å². The first-order valence-corrected chi connectivity index (χ1v) is 4.64. The first-order chi connectivity index (χ1) is 5.61. The van der Waals surface area contributed by atoms with Gasteiger partial charge in [0.2, 0.25) is 0 Å². The van der Waals surface area contributed by atoms with Crippen molar-refractivity contribution in [2.24, 2.45) is 5.92 Å². The van der Waals surface area contributed by atoms with Crippen molar-refractivity contribution in [3.63, 3.8) is 0 Å². The van der Waals surface area contributed by atoms with E-state index in [-0.39, 0.29) is 24.7 Å². The minimum absolute atomic E-state index is 0.191. The van der Waals surface area contributed by atoms with Gasteiger partial charge >= 0.3 is 0 Å². The van der Waals surface area contributed by atoms with Gasteiger partial charge in [-0.1, -0.05) is 13.8 Å². The molecule has 3 heteroatoms. The van der Waals surface area contributed by atoms with Crippen LogP contribution in [0.4, 0.5) is 0 Å². The standard InChI is InChI=1S/C9H21NO2/c1-4-9(12)5-10-8(3)7(2)6-11/h7-12H,4-6H2,1-3H3. The van der Waals surface area contributed by atoms with Crippen LogP contribution in [-0.2, 0) is 0 Å². The van der Waals surface area contributed by atoms with Crippen molar-refractivity contribution >= 4 is 0 Å². The van der Waals surface area contributed by atoms with Gasteiger partial charge in [-0.2, -0.15) is 0 Å². The first-order valence-electron chi connectivity index (χ1n) is 4.64. The highest BCUT2D eigenvalue weighted by Crippen LogP contribution is 2.00. The SMILES string of the molecule is CCC(O)CNC(C)C(C)CO. The van der Waals surface area contributed by atoms with E-state index in [2.05, 4.69) is 5.32 Å². The molecular formula is C9H21NO2. The van der Waals surface area contributed by atoms with E-state index in [1.54, 1.807) is 0 Å². The molecule has 3 atom stereocenters. The molecule has 3 N–H and O–H groups in total. The van der Waals surface area contributed by atoms with Crippen LogP contribution in [0.3, 0.4) is 0 Å². The van der Waals surface area contributed by atoms with Crippen molar-refractivity contribution in [3.05, 3.63) is 0 Å². The van der Waals surface area contributed by atoms with Crippen molar-refractivity contribution in [2.45, 2.75) is 39.3 Å². The van der Waals surface area contributed by atoms with Crippen molar-refractivity contribution in [1.82, 2.24) is 5.32 Å². The molecule has 0 saturated heterocycles. The van der Waals surface area contributed by atoms with E-state index in [4.69, 9.17) is 5.11 Å². The number of aliphatic hydroxyl groups excluding tert-OH is 2. The Morgan fingerprint density at radius 2 is 1.92 bits per heavy atom. The Morgan fingerprint density at radius 1 is 1.33 bits per heavy atom. The minimum atomic E-state index is -0.265. The summed E-state index contributed by atoms with van der Waals surface area (Å²) in [6.45, 7) is 6.75. The molecule has 0 radical (unpaired) electrons. The first kappa shape index (κ1) is 11.9. The lowest BCUT2D eigenvalue weighted by Crippen LogP contribution is -2.38. The maximum Gasteiger partial charge on any atom is 0.0662 e. The van der Waals surface area contributed by atoms with Crippen LogP contribution in [0.1, 0.15) is 27.2 Å². The summed E-state index contributed by atoms with van der Waals surface area (Å²) >= 11 is 0. The summed E-state index contributed by atoms with van der Waals surface area (Å²) in [5.41, 5.74) is 0. The lowest BCUT2D eigenvalue weighted by Gasteiger charge is -2.20. The quantitative estimate of drug-likeness (QED) is 0.546. The van der Waals surface area contributed by atoms with Gasteiger partial charge in [0.25, 0.3) is 0 Å². The zero-order valence-corrected chi connectivity index (χ0v) is 8.25. The van der Waals surface area contributed by atoms with E-state index in [0.29, 0.717) is 6.54 Å².